The molecule has 1 saturated carbocycles. The van der Waals surface area contributed by atoms with Crippen LogP contribution in [0.4, 0.5) is 0 Å². The fraction of sp³-hybridized carbons (Fsp3) is 0.647. The van der Waals surface area contributed by atoms with Gasteiger partial charge in [0.2, 0.25) is 5.89 Å². The number of piperidine rings is 1. The molecule has 1 atom stereocenters. The third kappa shape index (κ3) is 3.46. The van der Waals surface area contributed by atoms with E-state index in [1.165, 1.54) is 12.8 Å². The Morgan fingerprint density at radius 3 is 2.84 bits per heavy atom. The molecule has 0 radical (unpaired) electrons. The first kappa shape index (κ1) is 16.7. The fourth-order valence-corrected chi connectivity index (χ4v) is 3.81. The summed E-state index contributed by atoms with van der Waals surface area (Å²) in [6.07, 6.45) is 6.52. The lowest BCUT2D eigenvalue weighted by atomic mass is 9.98. The van der Waals surface area contributed by atoms with Crippen molar-refractivity contribution in [3.05, 3.63) is 35.0 Å². The number of hydrogen-bond donors (Lipinski definition) is 0. The summed E-state index contributed by atoms with van der Waals surface area (Å²) in [5, 5.41) is 8.75. The predicted octanol–water partition coefficient (Wildman–Crippen LogP) is 3.01. The third-order valence-electron chi connectivity index (χ3n) is 4.94. The minimum Gasteiger partial charge on any atom is -0.339 e. The summed E-state index contributed by atoms with van der Waals surface area (Å²) in [4.78, 5) is 6.79. The number of likely N-dealkylation sites (tertiary alicyclic amines) is 1. The zero-order valence-corrected chi connectivity index (χ0v) is 15.4. The van der Waals surface area contributed by atoms with E-state index >= 15 is 0 Å². The van der Waals surface area contributed by atoms with Gasteiger partial charge in [-0.3, -0.25) is 9.47 Å². The van der Waals surface area contributed by atoms with Gasteiger partial charge in [0.1, 0.15) is 5.82 Å². The van der Waals surface area contributed by atoms with E-state index in [0.29, 0.717) is 24.3 Å². The minimum absolute atomic E-state index is 0.294. The summed E-state index contributed by atoms with van der Waals surface area (Å²) in [6.45, 7) is 9.09. The maximum atomic E-state index is 5.67. The molecule has 1 unspecified atom stereocenters. The van der Waals surface area contributed by atoms with Crippen LogP contribution in [-0.2, 0) is 13.2 Å². The zero-order chi connectivity index (χ0) is 17.4. The molecule has 2 aromatic heterocycles. The van der Waals surface area contributed by atoms with Crippen LogP contribution in [-0.4, -0.2) is 42.5 Å². The molecule has 0 N–H and O–H groups in total. The highest BCUT2D eigenvalue weighted by molar-refractivity contribution is 7.71. The summed E-state index contributed by atoms with van der Waals surface area (Å²) in [5.41, 5.74) is 0. The van der Waals surface area contributed by atoms with Crippen LogP contribution in [0.2, 0.25) is 0 Å². The predicted molar refractivity (Wildman–Crippen MR) is 95.8 cm³/mol. The molecule has 1 aliphatic heterocycles. The highest BCUT2D eigenvalue weighted by Crippen LogP contribution is 2.39. The molecular weight excluding hydrogens is 336 g/mol. The second-order valence-electron chi connectivity index (χ2n) is 7.05. The number of hydrogen-bond acceptors (Lipinski definition) is 6. The molecule has 0 amide bonds. The lowest BCUT2D eigenvalue weighted by molar-refractivity contribution is 0.143. The van der Waals surface area contributed by atoms with E-state index in [9.17, 15) is 0 Å². The van der Waals surface area contributed by atoms with Crippen LogP contribution in [0.15, 0.2) is 17.2 Å². The van der Waals surface area contributed by atoms with Crippen molar-refractivity contribution in [2.45, 2.75) is 57.7 Å². The maximum Gasteiger partial charge on any atom is 0.231 e. The second kappa shape index (κ2) is 6.84. The van der Waals surface area contributed by atoms with Gasteiger partial charge in [-0.15, -0.1) is 6.58 Å². The van der Waals surface area contributed by atoms with Gasteiger partial charge < -0.3 is 4.52 Å². The minimum atomic E-state index is 0.294. The van der Waals surface area contributed by atoms with Gasteiger partial charge in [-0.25, -0.2) is 4.68 Å². The molecule has 2 aromatic rings. The van der Waals surface area contributed by atoms with Crippen molar-refractivity contribution in [1.29, 1.82) is 0 Å². The van der Waals surface area contributed by atoms with Gasteiger partial charge in [-0.1, -0.05) is 11.2 Å². The van der Waals surface area contributed by atoms with Crippen LogP contribution in [0, 0.1) is 11.7 Å². The van der Waals surface area contributed by atoms with Crippen molar-refractivity contribution in [3.63, 3.8) is 0 Å². The second-order valence-corrected chi connectivity index (χ2v) is 7.42. The molecular formula is C17H24N6OS. The first-order chi connectivity index (χ1) is 12.2. The number of nitrogens with zero attached hydrogens (tertiary/aromatic N) is 6. The molecule has 1 saturated heterocycles. The number of allylic oxidation sites excluding steroid dienone is 1. The van der Waals surface area contributed by atoms with Gasteiger partial charge in [0, 0.05) is 19.0 Å². The number of aromatic nitrogens is 5. The lowest BCUT2D eigenvalue weighted by Crippen LogP contribution is -2.36. The Bertz CT molecular complexity index is 817. The van der Waals surface area contributed by atoms with Crippen molar-refractivity contribution in [2.75, 3.05) is 13.1 Å². The Morgan fingerprint density at radius 1 is 1.32 bits per heavy atom. The maximum absolute atomic E-state index is 5.67. The van der Waals surface area contributed by atoms with Gasteiger partial charge >= 0.3 is 0 Å². The first-order valence-electron chi connectivity index (χ1n) is 8.96. The van der Waals surface area contributed by atoms with Crippen LogP contribution in [0.5, 0.6) is 0 Å². The first-order valence-corrected chi connectivity index (χ1v) is 9.37. The summed E-state index contributed by atoms with van der Waals surface area (Å²) < 4.78 is 10.3. The lowest BCUT2D eigenvalue weighted by Gasteiger charge is -2.30. The molecule has 7 nitrogen and oxygen atoms in total. The Labute approximate surface area is 152 Å². The third-order valence-corrected chi connectivity index (χ3v) is 5.37. The zero-order valence-electron chi connectivity index (χ0n) is 14.6. The monoisotopic (exact) mass is 360 g/mol. The molecule has 0 bridgehead atoms. The van der Waals surface area contributed by atoms with Gasteiger partial charge in [0.05, 0.1) is 12.6 Å². The van der Waals surface area contributed by atoms with E-state index in [2.05, 4.69) is 26.2 Å². The van der Waals surface area contributed by atoms with E-state index in [1.807, 2.05) is 17.7 Å². The Balaban J connectivity index is 1.50. The molecule has 2 aliphatic rings. The average molecular weight is 360 g/mol. The molecule has 8 heteroatoms. The van der Waals surface area contributed by atoms with E-state index in [0.717, 1.165) is 49.0 Å². The van der Waals surface area contributed by atoms with Crippen molar-refractivity contribution in [2.24, 2.45) is 0 Å². The van der Waals surface area contributed by atoms with Crippen molar-refractivity contribution >= 4 is 12.2 Å². The van der Waals surface area contributed by atoms with Crippen LogP contribution in [0.25, 0.3) is 0 Å². The summed E-state index contributed by atoms with van der Waals surface area (Å²) in [7, 11) is 0. The Morgan fingerprint density at radius 2 is 2.16 bits per heavy atom. The smallest absolute Gasteiger partial charge is 0.231 e. The van der Waals surface area contributed by atoms with E-state index in [4.69, 9.17) is 21.8 Å². The molecule has 0 aromatic carbocycles. The molecule has 3 heterocycles. The van der Waals surface area contributed by atoms with Crippen molar-refractivity contribution < 1.29 is 4.52 Å². The van der Waals surface area contributed by atoms with E-state index in [1.54, 1.807) is 0 Å². The average Bonchev–Trinajstić information content (AvgIpc) is 3.30. The molecule has 2 fully saturated rings. The van der Waals surface area contributed by atoms with Crippen LogP contribution in [0.3, 0.4) is 0 Å². The molecule has 4 rings (SSSR count). The van der Waals surface area contributed by atoms with Crippen molar-refractivity contribution in [1.82, 2.24) is 29.4 Å². The van der Waals surface area contributed by atoms with Crippen LogP contribution >= 0.6 is 12.2 Å². The topological polar surface area (TPSA) is 64.9 Å². The largest absolute Gasteiger partial charge is 0.339 e. The van der Waals surface area contributed by atoms with E-state index in [-0.39, 0.29) is 0 Å². The van der Waals surface area contributed by atoms with E-state index < -0.39 is 0 Å². The summed E-state index contributed by atoms with van der Waals surface area (Å²) in [5.74, 6) is 3.43. The standard InChI is InChI=1S/C17H24N6OS/c1-3-8-22-15(13-6-7-13)19-23(17(22)25)11-21-9-4-5-14(10-21)16-18-12(2)20-24-16/h3,13-14H,1,4-11H2,2H3. The Kier molecular flexibility index (Phi) is 4.56. The molecule has 0 spiro atoms. The molecule has 1 aliphatic carbocycles. The highest BCUT2D eigenvalue weighted by atomic mass is 32.1. The number of rotatable bonds is 6. The van der Waals surface area contributed by atoms with Crippen LogP contribution in [0.1, 0.15) is 55.1 Å². The van der Waals surface area contributed by atoms with Gasteiger partial charge in [-0.2, -0.15) is 10.1 Å². The van der Waals surface area contributed by atoms with Gasteiger partial charge in [0.25, 0.3) is 0 Å². The Hall–Kier alpha value is -1.80. The fourth-order valence-electron chi connectivity index (χ4n) is 3.55. The van der Waals surface area contributed by atoms with Gasteiger partial charge in [-0.05, 0) is 51.4 Å². The SMILES string of the molecule is C=CCn1c(C2CC2)nn(CN2CCCC(c3nc(C)no3)C2)c1=S. The van der Waals surface area contributed by atoms with Gasteiger partial charge in [0.15, 0.2) is 10.6 Å². The summed E-state index contributed by atoms with van der Waals surface area (Å²) in [6, 6.07) is 0. The quantitative estimate of drug-likeness (QED) is 0.583. The van der Waals surface area contributed by atoms with Crippen molar-refractivity contribution in [3.8, 4) is 0 Å². The highest BCUT2D eigenvalue weighted by Gasteiger charge is 2.31. The normalized spacial score (nSPS) is 21.6. The molecule has 25 heavy (non-hydrogen) atoms. The molecule has 134 valence electrons. The summed E-state index contributed by atoms with van der Waals surface area (Å²) >= 11 is 5.67. The van der Waals surface area contributed by atoms with Crippen LogP contribution < -0.4 is 0 Å². The number of aryl methyl sites for hydroxylation is 1.